The van der Waals surface area contributed by atoms with E-state index in [9.17, 15) is 4.79 Å². The van der Waals surface area contributed by atoms with Crippen LogP contribution in [0, 0.1) is 0 Å². The van der Waals surface area contributed by atoms with Crippen LogP contribution in [0.5, 0.6) is 0 Å². The third kappa shape index (κ3) is 5.78. The van der Waals surface area contributed by atoms with Gasteiger partial charge in [0, 0.05) is 27.3 Å². The molecule has 0 atom stereocenters. The number of methoxy groups -OCH3 is 1. The van der Waals surface area contributed by atoms with E-state index >= 15 is 0 Å². The van der Waals surface area contributed by atoms with Gasteiger partial charge in [0.05, 0.1) is 7.11 Å². The van der Waals surface area contributed by atoms with Gasteiger partial charge >= 0.3 is 5.97 Å². The molecule has 2 nitrogen and oxygen atoms in total. The highest BCUT2D eigenvalue weighted by Crippen LogP contribution is 2.45. The van der Waals surface area contributed by atoms with Gasteiger partial charge in [-0.25, -0.2) is 4.79 Å². The summed E-state index contributed by atoms with van der Waals surface area (Å²) in [6.07, 6.45) is 0.601. The minimum atomic E-state index is -0.963. The Hall–Kier alpha value is -0.100. The van der Waals surface area contributed by atoms with Gasteiger partial charge in [-0.3, -0.25) is 0 Å². The smallest absolute Gasteiger partial charge is 0.343 e. The van der Waals surface area contributed by atoms with Crippen molar-refractivity contribution in [2.75, 3.05) is 33.3 Å². The molecule has 0 aliphatic rings. The Morgan fingerprint density at radius 3 is 2.00 bits per heavy atom. The molecule has 0 aliphatic heterocycles. The lowest BCUT2D eigenvalue weighted by atomic mass is 10.8. The average Bonchev–Trinajstić information content (AvgIpc) is 1.62. The van der Waals surface area contributed by atoms with Crippen LogP contribution in [0.4, 0.5) is 0 Å². The third-order valence-corrected chi connectivity index (χ3v) is 2.04. The van der Waals surface area contributed by atoms with Crippen LogP contribution in [0.15, 0.2) is 0 Å². The Morgan fingerprint density at radius 2 is 1.89 bits per heavy atom. The summed E-state index contributed by atoms with van der Waals surface area (Å²) in [6, 6.07) is 0. The first kappa shape index (κ1) is 8.90. The monoisotopic (exact) mass is 149 g/mol. The summed E-state index contributed by atoms with van der Waals surface area (Å²) in [4.78, 5) is 10.6. The minimum Gasteiger partial charge on any atom is -0.466 e. The van der Waals surface area contributed by atoms with Crippen molar-refractivity contribution in [1.29, 1.82) is 0 Å². The average molecular weight is 149 g/mol. The normalized spacial score (nSPS) is 11.1. The zero-order valence-electron chi connectivity index (χ0n) is 6.47. The van der Waals surface area contributed by atoms with Gasteiger partial charge in [-0.1, -0.05) is 0 Å². The largest absolute Gasteiger partial charge is 0.466 e. The van der Waals surface area contributed by atoms with Crippen molar-refractivity contribution in [3.63, 3.8) is 0 Å². The molecule has 0 fully saturated rings. The van der Waals surface area contributed by atoms with Crippen molar-refractivity contribution < 1.29 is 9.53 Å². The number of hydrogen-bond acceptors (Lipinski definition) is 2. The molecule has 0 spiro atoms. The molecule has 54 valence electrons. The number of rotatable bonds is 2. The lowest BCUT2D eigenvalue weighted by molar-refractivity contribution is -0.137. The van der Waals surface area contributed by atoms with Crippen molar-refractivity contribution in [2.24, 2.45) is 0 Å². The van der Waals surface area contributed by atoms with E-state index in [2.05, 4.69) is 24.7 Å². The topological polar surface area (TPSA) is 26.3 Å². The number of esters is 1. The van der Waals surface area contributed by atoms with E-state index in [1.807, 2.05) is 0 Å². The van der Waals surface area contributed by atoms with Crippen LogP contribution in [0.2, 0.25) is 0 Å². The predicted molar refractivity (Wildman–Crippen MR) is 41.6 cm³/mol. The Kier molecular flexibility index (Phi) is 3.13. The van der Waals surface area contributed by atoms with Crippen LogP contribution in [-0.2, 0) is 9.53 Å². The summed E-state index contributed by atoms with van der Waals surface area (Å²) in [7, 11) is 0.466. The molecule has 0 aliphatic carbocycles. The third-order valence-electron chi connectivity index (χ3n) is 0.831. The minimum absolute atomic E-state index is 0.0872. The standard InChI is InChI=1S/C6H14O2P/c1-8-6(7)5-9(2,3)4/h5H2,1-4H3/q+1. The second kappa shape index (κ2) is 3.17. The predicted octanol–water partition coefficient (Wildman–Crippen LogP) is 1.07. The molecule has 0 rings (SSSR count). The highest BCUT2D eigenvalue weighted by molar-refractivity contribution is 7.74. The van der Waals surface area contributed by atoms with Gasteiger partial charge in [0.15, 0.2) is 6.16 Å². The van der Waals surface area contributed by atoms with Crippen molar-refractivity contribution in [1.82, 2.24) is 0 Å². The van der Waals surface area contributed by atoms with Crippen LogP contribution in [-0.4, -0.2) is 39.2 Å². The van der Waals surface area contributed by atoms with Gasteiger partial charge in [-0.05, 0) is 0 Å². The Labute approximate surface area is 56.9 Å². The molecule has 0 aromatic rings. The molecule has 0 amide bonds. The molecule has 0 radical (unpaired) electrons. The summed E-state index contributed by atoms with van der Waals surface area (Å²) in [5.41, 5.74) is 0. The fourth-order valence-corrected chi connectivity index (χ4v) is 1.36. The van der Waals surface area contributed by atoms with Gasteiger partial charge in [-0.15, -0.1) is 0 Å². The van der Waals surface area contributed by atoms with Crippen LogP contribution < -0.4 is 0 Å². The highest BCUT2D eigenvalue weighted by Gasteiger charge is 2.22. The first-order valence-corrected chi connectivity index (χ1v) is 6.14. The maximum absolute atomic E-state index is 10.6. The maximum atomic E-state index is 10.6. The number of carbonyl (C=O) groups excluding carboxylic acids is 1. The highest BCUT2D eigenvalue weighted by atomic mass is 31.2. The van der Waals surface area contributed by atoms with E-state index < -0.39 is 7.26 Å². The van der Waals surface area contributed by atoms with Crippen molar-refractivity contribution in [2.45, 2.75) is 0 Å². The van der Waals surface area contributed by atoms with Crippen molar-refractivity contribution in [3.8, 4) is 0 Å². The molecule has 0 unspecified atom stereocenters. The molecule has 3 heteroatoms. The Balaban J connectivity index is 3.60. The molecule has 0 N–H and O–H groups in total. The second-order valence-corrected chi connectivity index (χ2v) is 7.92. The first-order chi connectivity index (χ1) is 3.95. The SMILES string of the molecule is COC(=O)C[P+](C)(C)C. The van der Waals surface area contributed by atoms with Crippen LogP contribution in [0.25, 0.3) is 0 Å². The van der Waals surface area contributed by atoms with Gasteiger partial charge < -0.3 is 4.74 Å². The zero-order chi connectivity index (χ0) is 7.49. The first-order valence-electron chi connectivity index (χ1n) is 2.83. The number of carbonyl (C=O) groups is 1. The summed E-state index contributed by atoms with van der Waals surface area (Å²) in [5, 5.41) is 0. The van der Waals surface area contributed by atoms with E-state index in [0.29, 0.717) is 6.16 Å². The molecule has 0 saturated carbocycles. The van der Waals surface area contributed by atoms with Crippen LogP contribution in [0.1, 0.15) is 0 Å². The van der Waals surface area contributed by atoms with E-state index in [-0.39, 0.29) is 5.97 Å². The molecular formula is C6H14O2P+. The summed E-state index contributed by atoms with van der Waals surface area (Å²) < 4.78 is 4.52. The summed E-state index contributed by atoms with van der Waals surface area (Å²) in [5.74, 6) is -0.0872. The maximum Gasteiger partial charge on any atom is 0.343 e. The molecule has 0 aromatic carbocycles. The quantitative estimate of drug-likeness (QED) is 0.433. The fraction of sp³-hybridized carbons (Fsp3) is 0.833. The molecular weight excluding hydrogens is 135 g/mol. The van der Waals surface area contributed by atoms with E-state index in [0.717, 1.165) is 0 Å². The van der Waals surface area contributed by atoms with Gasteiger partial charge in [-0.2, -0.15) is 0 Å². The summed E-state index contributed by atoms with van der Waals surface area (Å²) in [6.45, 7) is 6.34. The van der Waals surface area contributed by atoms with E-state index in [4.69, 9.17) is 0 Å². The molecule has 0 saturated heterocycles. The van der Waals surface area contributed by atoms with Crippen molar-refractivity contribution >= 4 is 13.2 Å². The van der Waals surface area contributed by atoms with Crippen molar-refractivity contribution in [3.05, 3.63) is 0 Å². The molecule has 0 bridgehead atoms. The van der Waals surface area contributed by atoms with E-state index in [1.165, 1.54) is 7.11 Å². The van der Waals surface area contributed by atoms with Crippen LogP contribution >= 0.6 is 7.26 Å². The Bertz CT molecular complexity index is 104. The number of ether oxygens (including phenoxy) is 1. The van der Waals surface area contributed by atoms with Gasteiger partial charge in [0.25, 0.3) is 0 Å². The fourth-order valence-electron chi connectivity index (χ4n) is 0.452. The zero-order valence-corrected chi connectivity index (χ0v) is 7.37. The molecule has 0 aromatic heterocycles. The lowest BCUT2D eigenvalue weighted by Crippen LogP contribution is -2.08. The van der Waals surface area contributed by atoms with Crippen LogP contribution in [0.3, 0.4) is 0 Å². The van der Waals surface area contributed by atoms with Gasteiger partial charge in [0.2, 0.25) is 0 Å². The van der Waals surface area contributed by atoms with Gasteiger partial charge in [0.1, 0.15) is 0 Å². The summed E-state index contributed by atoms with van der Waals surface area (Å²) >= 11 is 0. The number of hydrogen-bond donors (Lipinski definition) is 0. The molecule has 0 heterocycles. The van der Waals surface area contributed by atoms with E-state index in [1.54, 1.807) is 0 Å². The Morgan fingerprint density at radius 1 is 1.44 bits per heavy atom. The molecule has 9 heavy (non-hydrogen) atoms. The second-order valence-electron chi connectivity index (χ2n) is 3.02. The lowest BCUT2D eigenvalue weighted by Gasteiger charge is -2.08.